The van der Waals surface area contributed by atoms with E-state index in [2.05, 4.69) is 4.98 Å². The second-order valence-electron chi connectivity index (χ2n) is 3.88. The standard InChI is InChI=1S/C9H12FN3O4/c1-3-5(14)6(15)8(17-3)13-2-4(10)7(11)12-9(13)16/h2-3,5-6,8,14-15H,1H3,(H2,11,12,16)/t3-,5-,6-,8+/m1/s1. The van der Waals surface area contributed by atoms with Gasteiger partial charge in [-0.05, 0) is 6.92 Å². The summed E-state index contributed by atoms with van der Waals surface area (Å²) in [4.78, 5) is 14.7. The van der Waals surface area contributed by atoms with Crippen molar-refractivity contribution in [1.29, 1.82) is 0 Å². The SMILES string of the molecule is C[C@H]1O[C@H](n2cc(F)c(N)nc2=O)[C@H](O)[C@@H]1O. The Kier molecular flexibility index (Phi) is 2.86. The van der Waals surface area contributed by atoms with Crippen LogP contribution < -0.4 is 11.4 Å². The molecule has 1 aliphatic heterocycles. The highest BCUT2D eigenvalue weighted by Crippen LogP contribution is 2.28. The van der Waals surface area contributed by atoms with Crippen molar-refractivity contribution >= 4 is 5.82 Å². The third-order valence-corrected chi connectivity index (χ3v) is 2.69. The summed E-state index contributed by atoms with van der Waals surface area (Å²) in [6.07, 6.45) is -3.51. The molecule has 1 saturated heterocycles. The molecule has 1 fully saturated rings. The quantitative estimate of drug-likeness (QED) is 0.561. The maximum absolute atomic E-state index is 13.2. The molecule has 1 aromatic heterocycles. The molecular weight excluding hydrogens is 233 g/mol. The van der Waals surface area contributed by atoms with E-state index in [0.29, 0.717) is 0 Å². The molecule has 4 atom stereocenters. The molecule has 0 bridgehead atoms. The lowest BCUT2D eigenvalue weighted by Crippen LogP contribution is -2.35. The fraction of sp³-hybridized carbons (Fsp3) is 0.556. The Labute approximate surface area is 95.3 Å². The van der Waals surface area contributed by atoms with Crippen molar-refractivity contribution in [1.82, 2.24) is 9.55 Å². The van der Waals surface area contributed by atoms with E-state index in [1.54, 1.807) is 0 Å². The van der Waals surface area contributed by atoms with Crippen molar-refractivity contribution in [2.45, 2.75) is 31.5 Å². The zero-order valence-electron chi connectivity index (χ0n) is 8.95. The van der Waals surface area contributed by atoms with Gasteiger partial charge in [-0.1, -0.05) is 0 Å². The topological polar surface area (TPSA) is 111 Å². The Morgan fingerprint density at radius 3 is 2.71 bits per heavy atom. The molecule has 0 spiro atoms. The van der Waals surface area contributed by atoms with E-state index in [1.165, 1.54) is 6.92 Å². The number of hydrogen-bond donors (Lipinski definition) is 3. The minimum absolute atomic E-state index is 0.521. The molecular formula is C9H12FN3O4. The van der Waals surface area contributed by atoms with Gasteiger partial charge in [-0.2, -0.15) is 4.98 Å². The fourth-order valence-corrected chi connectivity index (χ4v) is 1.70. The molecule has 4 N–H and O–H groups in total. The Morgan fingerprint density at radius 1 is 1.53 bits per heavy atom. The van der Waals surface area contributed by atoms with Crippen molar-refractivity contribution in [3.05, 3.63) is 22.5 Å². The third kappa shape index (κ3) is 1.90. The summed E-state index contributed by atoms with van der Waals surface area (Å²) in [6.45, 7) is 1.53. The summed E-state index contributed by atoms with van der Waals surface area (Å²) in [5.74, 6) is -1.42. The Hall–Kier alpha value is -1.51. The highest BCUT2D eigenvalue weighted by Gasteiger charge is 2.41. The van der Waals surface area contributed by atoms with Crippen molar-refractivity contribution in [3.8, 4) is 0 Å². The van der Waals surface area contributed by atoms with Gasteiger partial charge in [0.1, 0.15) is 12.2 Å². The Balaban J connectivity index is 2.42. The fourth-order valence-electron chi connectivity index (χ4n) is 1.70. The van der Waals surface area contributed by atoms with Crippen molar-refractivity contribution in [2.24, 2.45) is 0 Å². The maximum Gasteiger partial charge on any atom is 0.351 e. The number of nitrogens with zero attached hydrogens (tertiary/aromatic N) is 2. The third-order valence-electron chi connectivity index (χ3n) is 2.69. The Morgan fingerprint density at radius 2 is 2.18 bits per heavy atom. The molecule has 0 saturated carbocycles. The summed E-state index contributed by atoms with van der Waals surface area (Å²) >= 11 is 0. The first-order valence-electron chi connectivity index (χ1n) is 4.97. The number of nitrogens with two attached hydrogens (primary N) is 1. The first kappa shape index (κ1) is 12.0. The predicted molar refractivity (Wildman–Crippen MR) is 54.5 cm³/mol. The summed E-state index contributed by atoms with van der Waals surface area (Å²) < 4.78 is 19.1. The molecule has 8 heteroatoms. The van der Waals surface area contributed by atoms with E-state index < -0.39 is 41.9 Å². The van der Waals surface area contributed by atoms with Crippen LogP contribution in [0.15, 0.2) is 11.0 Å². The predicted octanol–water partition coefficient (Wildman–Crippen LogP) is -1.40. The zero-order valence-corrected chi connectivity index (χ0v) is 8.95. The number of rotatable bonds is 1. The zero-order chi connectivity index (χ0) is 12.7. The molecule has 0 radical (unpaired) electrons. The van der Waals surface area contributed by atoms with Crippen LogP contribution in [-0.4, -0.2) is 38.1 Å². The van der Waals surface area contributed by atoms with E-state index in [9.17, 15) is 19.4 Å². The molecule has 0 aliphatic carbocycles. The van der Waals surface area contributed by atoms with Crippen LogP contribution in [0.2, 0.25) is 0 Å². The van der Waals surface area contributed by atoms with Crippen LogP contribution in [-0.2, 0) is 4.74 Å². The van der Waals surface area contributed by atoms with Gasteiger partial charge in [-0.25, -0.2) is 9.18 Å². The average Bonchev–Trinajstić information content (AvgIpc) is 2.51. The normalized spacial score (nSPS) is 32.9. The van der Waals surface area contributed by atoms with Crippen LogP contribution in [0.4, 0.5) is 10.2 Å². The molecule has 94 valence electrons. The number of halogens is 1. The highest BCUT2D eigenvalue weighted by molar-refractivity contribution is 5.26. The van der Waals surface area contributed by atoms with Gasteiger partial charge < -0.3 is 20.7 Å². The summed E-state index contributed by atoms with van der Waals surface area (Å²) in [5, 5.41) is 19.1. The molecule has 0 unspecified atom stereocenters. The van der Waals surface area contributed by atoms with Crippen molar-refractivity contribution in [2.75, 3.05) is 5.73 Å². The number of ether oxygens (including phenoxy) is 1. The molecule has 1 aromatic rings. The van der Waals surface area contributed by atoms with Gasteiger partial charge in [0.25, 0.3) is 0 Å². The minimum Gasteiger partial charge on any atom is -0.388 e. The number of aliphatic hydroxyl groups excluding tert-OH is 2. The van der Waals surface area contributed by atoms with Gasteiger partial charge in [-0.15, -0.1) is 0 Å². The maximum atomic E-state index is 13.2. The first-order valence-corrected chi connectivity index (χ1v) is 4.97. The van der Waals surface area contributed by atoms with Crippen LogP contribution in [0.1, 0.15) is 13.2 Å². The lowest BCUT2D eigenvalue weighted by Gasteiger charge is -2.17. The van der Waals surface area contributed by atoms with Crippen LogP contribution in [0, 0.1) is 5.82 Å². The molecule has 2 rings (SSSR count). The van der Waals surface area contributed by atoms with Gasteiger partial charge in [-0.3, -0.25) is 4.57 Å². The van der Waals surface area contributed by atoms with E-state index in [-0.39, 0.29) is 0 Å². The van der Waals surface area contributed by atoms with Crippen molar-refractivity contribution in [3.63, 3.8) is 0 Å². The van der Waals surface area contributed by atoms with Crippen LogP contribution >= 0.6 is 0 Å². The molecule has 7 nitrogen and oxygen atoms in total. The summed E-state index contributed by atoms with van der Waals surface area (Å²) in [5.41, 5.74) is 4.27. The Bertz CT molecular complexity index is 492. The number of aliphatic hydroxyl groups is 2. The lowest BCUT2D eigenvalue weighted by molar-refractivity contribution is -0.0355. The highest BCUT2D eigenvalue weighted by atomic mass is 19.1. The van der Waals surface area contributed by atoms with Crippen LogP contribution in [0.3, 0.4) is 0 Å². The average molecular weight is 245 g/mol. The number of anilines is 1. The number of nitrogen functional groups attached to an aromatic ring is 1. The number of hydrogen-bond acceptors (Lipinski definition) is 6. The largest absolute Gasteiger partial charge is 0.388 e. The van der Waals surface area contributed by atoms with Crippen LogP contribution in [0.5, 0.6) is 0 Å². The van der Waals surface area contributed by atoms with Crippen LogP contribution in [0.25, 0.3) is 0 Å². The molecule has 17 heavy (non-hydrogen) atoms. The minimum atomic E-state index is -1.33. The van der Waals surface area contributed by atoms with E-state index >= 15 is 0 Å². The summed E-state index contributed by atoms with van der Waals surface area (Å²) in [7, 11) is 0. The molecule has 2 heterocycles. The van der Waals surface area contributed by atoms with Gasteiger partial charge in [0, 0.05) is 0 Å². The summed E-state index contributed by atoms with van der Waals surface area (Å²) in [6, 6.07) is 0. The van der Waals surface area contributed by atoms with Gasteiger partial charge in [0.2, 0.25) is 0 Å². The van der Waals surface area contributed by atoms with Gasteiger partial charge in [0.05, 0.1) is 12.3 Å². The first-order chi connectivity index (χ1) is 7.91. The van der Waals surface area contributed by atoms with Gasteiger partial charge in [0.15, 0.2) is 17.9 Å². The molecule has 0 aromatic carbocycles. The molecule has 0 amide bonds. The van der Waals surface area contributed by atoms with Crippen molar-refractivity contribution < 1.29 is 19.3 Å². The second kappa shape index (κ2) is 4.06. The smallest absolute Gasteiger partial charge is 0.351 e. The monoisotopic (exact) mass is 245 g/mol. The van der Waals surface area contributed by atoms with E-state index in [0.717, 1.165) is 10.8 Å². The van der Waals surface area contributed by atoms with E-state index in [4.69, 9.17) is 10.5 Å². The van der Waals surface area contributed by atoms with E-state index in [1.807, 2.05) is 0 Å². The molecule has 1 aliphatic rings. The van der Waals surface area contributed by atoms with Gasteiger partial charge >= 0.3 is 5.69 Å². The number of aromatic nitrogens is 2. The lowest BCUT2D eigenvalue weighted by atomic mass is 10.1. The second-order valence-corrected chi connectivity index (χ2v) is 3.88.